The molecule has 168 valence electrons. The first-order valence-corrected chi connectivity index (χ1v) is 11.7. The Balaban J connectivity index is 1.39. The summed E-state index contributed by atoms with van der Waals surface area (Å²) in [5.41, 5.74) is 2.74. The lowest BCUT2D eigenvalue weighted by Crippen LogP contribution is -2.27. The summed E-state index contributed by atoms with van der Waals surface area (Å²) in [4.78, 5) is 30.6. The zero-order valence-corrected chi connectivity index (χ0v) is 19.0. The average molecular weight is 464 g/mol. The Morgan fingerprint density at radius 1 is 1.18 bits per heavy atom. The molecule has 2 aromatic carbocycles. The first kappa shape index (κ1) is 21.4. The van der Waals surface area contributed by atoms with Crippen LogP contribution in [-0.2, 0) is 4.79 Å². The second kappa shape index (κ2) is 8.47. The van der Waals surface area contributed by atoms with Crippen LogP contribution in [0.2, 0.25) is 0 Å². The molecule has 0 fully saturated rings. The van der Waals surface area contributed by atoms with E-state index in [0.717, 1.165) is 5.69 Å². The zero-order valence-electron chi connectivity index (χ0n) is 18.2. The van der Waals surface area contributed by atoms with Crippen LogP contribution in [0.25, 0.3) is 16.7 Å². The zero-order chi connectivity index (χ0) is 23.1. The molecule has 0 spiro atoms. The van der Waals surface area contributed by atoms with Gasteiger partial charge in [-0.25, -0.2) is 14.1 Å². The highest BCUT2D eigenvalue weighted by Crippen LogP contribution is 2.33. The van der Waals surface area contributed by atoms with E-state index in [9.17, 15) is 14.0 Å². The number of amides is 1. The molecule has 0 saturated carbocycles. The summed E-state index contributed by atoms with van der Waals surface area (Å²) in [5.74, 6) is 0.500. The van der Waals surface area contributed by atoms with Crippen LogP contribution in [0.1, 0.15) is 37.8 Å². The van der Waals surface area contributed by atoms with Crippen molar-refractivity contribution in [1.29, 1.82) is 0 Å². The van der Waals surface area contributed by atoms with Gasteiger partial charge in [0.1, 0.15) is 11.2 Å². The van der Waals surface area contributed by atoms with E-state index in [-0.39, 0.29) is 29.7 Å². The number of carbonyl (C=O) groups excluding carboxylic acids is 1. The third kappa shape index (κ3) is 4.04. The summed E-state index contributed by atoms with van der Waals surface area (Å²) in [6, 6.07) is 13.3. The number of carbonyl (C=O) groups is 1. The van der Waals surface area contributed by atoms with Crippen molar-refractivity contribution in [2.75, 3.05) is 11.1 Å². The molecule has 1 atom stereocenters. The van der Waals surface area contributed by atoms with Gasteiger partial charge in [0, 0.05) is 17.9 Å². The number of nitrogens with zero attached hydrogens (tertiary/aromatic N) is 4. The fraction of sp³-hybridized carbons (Fsp3) is 0.250. The van der Waals surface area contributed by atoms with Gasteiger partial charge in [-0.2, -0.15) is 5.10 Å². The molecule has 1 N–H and O–H groups in total. The fourth-order valence-electron chi connectivity index (χ4n) is 3.93. The number of thioether (sulfide) groups is 1. The minimum Gasteiger partial charge on any atom is -0.326 e. The number of aromatic nitrogens is 4. The van der Waals surface area contributed by atoms with Crippen LogP contribution in [0.15, 0.2) is 64.7 Å². The predicted molar refractivity (Wildman–Crippen MR) is 127 cm³/mol. The van der Waals surface area contributed by atoms with Gasteiger partial charge in [0.15, 0.2) is 10.8 Å². The normalized spacial score (nSPS) is 15.2. The molecule has 1 aliphatic rings. The number of halogens is 1. The number of nitrogens with one attached hydrogen (secondary N) is 1. The van der Waals surface area contributed by atoms with E-state index in [0.29, 0.717) is 33.5 Å². The van der Waals surface area contributed by atoms with Gasteiger partial charge in [-0.05, 0) is 47.9 Å². The number of fused-ring (bicyclic) bond motifs is 2. The quantitative estimate of drug-likeness (QED) is 0.440. The lowest BCUT2D eigenvalue weighted by molar-refractivity contribution is -0.116. The molecular weight excluding hydrogens is 441 g/mol. The van der Waals surface area contributed by atoms with E-state index in [2.05, 4.69) is 29.2 Å². The van der Waals surface area contributed by atoms with Crippen LogP contribution in [-0.4, -0.2) is 31.0 Å². The molecule has 0 saturated heterocycles. The SMILES string of the molecule is CC(C)c1ccc(NC(=O)CC2CSc3nc4c(cnn4-c4ccc(F)cc4)c(=O)n32)cc1. The molecule has 0 aliphatic carbocycles. The maximum Gasteiger partial charge on any atom is 0.265 e. The highest BCUT2D eigenvalue weighted by atomic mass is 32.2. The number of hydrogen-bond acceptors (Lipinski definition) is 5. The van der Waals surface area contributed by atoms with Crippen LogP contribution in [0, 0.1) is 5.82 Å². The van der Waals surface area contributed by atoms with Crippen LogP contribution in [0.3, 0.4) is 0 Å². The van der Waals surface area contributed by atoms with Crippen molar-refractivity contribution >= 4 is 34.4 Å². The van der Waals surface area contributed by atoms with E-state index < -0.39 is 0 Å². The fourth-order valence-corrected chi connectivity index (χ4v) is 5.06. The minimum absolute atomic E-state index is 0.153. The van der Waals surface area contributed by atoms with Gasteiger partial charge in [-0.1, -0.05) is 37.7 Å². The Bertz CT molecular complexity index is 1390. The van der Waals surface area contributed by atoms with Gasteiger partial charge in [0.25, 0.3) is 5.56 Å². The van der Waals surface area contributed by atoms with E-state index in [1.807, 2.05) is 24.3 Å². The lowest BCUT2D eigenvalue weighted by Gasteiger charge is -2.14. The van der Waals surface area contributed by atoms with Crippen molar-refractivity contribution in [3.8, 4) is 5.69 Å². The minimum atomic E-state index is -0.350. The van der Waals surface area contributed by atoms with Gasteiger partial charge in [0.05, 0.1) is 17.9 Å². The molecule has 7 nitrogen and oxygen atoms in total. The molecule has 1 unspecified atom stereocenters. The molecule has 9 heteroatoms. The van der Waals surface area contributed by atoms with Crippen molar-refractivity contribution < 1.29 is 9.18 Å². The topological polar surface area (TPSA) is 81.8 Å². The van der Waals surface area contributed by atoms with Gasteiger partial charge in [0.2, 0.25) is 5.91 Å². The van der Waals surface area contributed by atoms with Crippen molar-refractivity contribution in [2.24, 2.45) is 0 Å². The van der Waals surface area contributed by atoms with Crippen molar-refractivity contribution in [3.05, 3.63) is 76.5 Å². The van der Waals surface area contributed by atoms with Crippen molar-refractivity contribution in [2.45, 2.75) is 37.4 Å². The molecule has 1 aliphatic heterocycles. The van der Waals surface area contributed by atoms with Gasteiger partial charge in [-0.15, -0.1) is 0 Å². The Kier molecular flexibility index (Phi) is 5.49. The van der Waals surface area contributed by atoms with Crippen LogP contribution in [0.5, 0.6) is 0 Å². The summed E-state index contributed by atoms with van der Waals surface area (Å²) >= 11 is 1.44. The standard InChI is InChI=1S/C24H22FN5O2S/c1-14(2)15-3-7-17(8-4-15)27-21(31)11-19-13-33-24-28-22-20(23(32)29(19)24)12-26-30(22)18-9-5-16(25)6-10-18/h3-10,12,14,19H,11,13H2,1-2H3,(H,27,31). The Hall–Kier alpha value is -3.46. The second-order valence-electron chi connectivity index (χ2n) is 8.33. The van der Waals surface area contributed by atoms with E-state index in [1.165, 1.54) is 40.3 Å². The van der Waals surface area contributed by atoms with Gasteiger partial charge >= 0.3 is 0 Å². The maximum atomic E-state index is 13.3. The summed E-state index contributed by atoms with van der Waals surface area (Å²) in [6.45, 7) is 4.24. The summed E-state index contributed by atoms with van der Waals surface area (Å²) in [5, 5.41) is 8.12. The third-order valence-electron chi connectivity index (χ3n) is 5.72. The van der Waals surface area contributed by atoms with Crippen molar-refractivity contribution in [3.63, 3.8) is 0 Å². The lowest BCUT2D eigenvalue weighted by atomic mass is 10.0. The monoisotopic (exact) mass is 463 g/mol. The van der Waals surface area contributed by atoms with Crippen LogP contribution < -0.4 is 10.9 Å². The summed E-state index contributed by atoms with van der Waals surface area (Å²) < 4.78 is 16.4. The van der Waals surface area contributed by atoms with Crippen LogP contribution in [0.4, 0.5) is 10.1 Å². The summed E-state index contributed by atoms with van der Waals surface area (Å²) in [6.07, 6.45) is 1.64. The summed E-state index contributed by atoms with van der Waals surface area (Å²) in [7, 11) is 0. The first-order chi connectivity index (χ1) is 15.9. The first-order valence-electron chi connectivity index (χ1n) is 10.7. The molecule has 5 rings (SSSR count). The molecule has 0 radical (unpaired) electrons. The van der Waals surface area contributed by atoms with Gasteiger partial charge in [-0.3, -0.25) is 14.2 Å². The molecule has 4 aromatic rings. The number of anilines is 1. The molecule has 0 bridgehead atoms. The smallest absolute Gasteiger partial charge is 0.265 e. The maximum absolute atomic E-state index is 13.3. The number of hydrogen-bond donors (Lipinski definition) is 1. The molecule has 1 amide bonds. The Labute approximate surface area is 193 Å². The highest BCUT2D eigenvalue weighted by molar-refractivity contribution is 7.99. The van der Waals surface area contributed by atoms with E-state index >= 15 is 0 Å². The van der Waals surface area contributed by atoms with E-state index in [4.69, 9.17) is 0 Å². The van der Waals surface area contributed by atoms with E-state index in [1.54, 1.807) is 16.7 Å². The van der Waals surface area contributed by atoms with Crippen molar-refractivity contribution in [1.82, 2.24) is 19.3 Å². The predicted octanol–water partition coefficient (Wildman–Crippen LogP) is 4.52. The molecule has 33 heavy (non-hydrogen) atoms. The third-order valence-corrected chi connectivity index (χ3v) is 6.82. The number of benzene rings is 2. The van der Waals surface area contributed by atoms with Crippen LogP contribution >= 0.6 is 11.8 Å². The second-order valence-corrected chi connectivity index (χ2v) is 9.32. The largest absolute Gasteiger partial charge is 0.326 e. The Morgan fingerprint density at radius 3 is 2.61 bits per heavy atom. The molecule has 2 aromatic heterocycles. The average Bonchev–Trinajstić information content (AvgIpc) is 3.40. The van der Waals surface area contributed by atoms with Gasteiger partial charge < -0.3 is 5.32 Å². The Morgan fingerprint density at radius 2 is 1.91 bits per heavy atom. The molecular formula is C24H22FN5O2S. The highest BCUT2D eigenvalue weighted by Gasteiger charge is 2.29. The number of rotatable bonds is 5. The molecule has 3 heterocycles.